The second-order valence-corrected chi connectivity index (χ2v) is 11.6. The summed E-state index contributed by atoms with van der Waals surface area (Å²) in [4.78, 5) is 28.0. The molecule has 2 aromatic rings. The normalized spacial score (nSPS) is 17.2. The number of fused-ring (bicyclic) bond motifs is 1. The molecular weight excluding hydrogens is 539 g/mol. The highest BCUT2D eigenvalue weighted by Crippen LogP contribution is 2.44. The lowest BCUT2D eigenvalue weighted by Gasteiger charge is -2.32. The van der Waals surface area contributed by atoms with E-state index in [4.69, 9.17) is 14.2 Å². The van der Waals surface area contributed by atoms with Crippen LogP contribution in [0.5, 0.6) is 5.75 Å². The molecule has 0 spiro atoms. The van der Waals surface area contributed by atoms with Gasteiger partial charge in [-0.3, -0.25) is 4.90 Å². The van der Waals surface area contributed by atoms with Gasteiger partial charge in [0, 0.05) is 6.54 Å². The molecular formula is C29H37FN2O7S. The summed E-state index contributed by atoms with van der Waals surface area (Å²) in [5.74, 6) is -1.25. The largest absolute Gasteiger partial charge is 0.492 e. The van der Waals surface area contributed by atoms with E-state index in [2.05, 4.69) is 4.90 Å². The number of hydrogen-bond acceptors (Lipinski definition) is 8. The number of methoxy groups -OCH3 is 2. The first kappa shape index (κ1) is 31.1. The fraction of sp³-hybridized carbons (Fsp3) is 0.448. The Hall–Kier alpha value is -3.44. The number of anilines is 1. The van der Waals surface area contributed by atoms with Crippen LogP contribution in [0.4, 0.5) is 14.9 Å². The number of carbonyl (C=O) groups excluding carboxylic acids is 2. The molecule has 0 aromatic heterocycles. The lowest BCUT2D eigenvalue weighted by atomic mass is 9.85. The van der Waals surface area contributed by atoms with Crippen LogP contribution in [0, 0.1) is 11.7 Å². The minimum atomic E-state index is -4.74. The van der Waals surface area contributed by atoms with Crippen molar-refractivity contribution in [3.63, 3.8) is 0 Å². The number of ether oxygens (including phenoxy) is 3. The molecule has 0 saturated carbocycles. The number of rotatable bonds is 9. The molecule has 0 N–H and O–H groups in total. The first-order valence-electron chi connectivity index (χ1n) is 13.1. The van der Waals surface area contributed by atoms with Crippen molar-refractivity contribution in [2.24, 2.45) is 5.92 Å². The quantitative estimate of drug-likeness (QED) is 0.363. The molecule has 0 saturated heterocycles. The lowest BCUT2D eigenvalue weighted by molar-refractivity contribution is 0.0594. The van der Waals surface area contributed by atoms with Gasteiger partial charge in [-0.2, -0.15) is 4.31 Å². The Morgan fingerprint density at radius 2 is 1.77 bits per heavy atom. The fourth-order valence-corrected chi connectivity index (χ4v) is 6.26. The smallest absolute Gasteiger partial charge is 0.428 e. The third-order valence-corrected chi connectivity index (χ3v) is 8.96. The molecule has 1 amide bonds. The Balaban J connectivity index is 2.27. The van der Waals surface area contributed by atoms with Crippen molar-refractivity contribution < 1.29 is 36.6 Å². The van der Waals surface area contributed by atoms with Crippen LogP contribution >= 0.6 is 0 Å². The van der Waals surface area contributed by atoms with Gasteiger partial charge in [-0.05, 0) is 67.2 Å². The summed E-state index contributed by atoms with van der Waals surface area (Å²) >= 11 is 0. The van der Waals surface area contributed by atoms with Crippen LogP contribution in [0.1, 0.15) is 62.0 Å². The average Bonchev–Trinajstić information content (AvgIpc) is 2.92. The van der Waals surface area contributed by atoms with E-state index in [1.165, 1.54) is 6.07 Å². The molecule has 0 bridgehead atoms. The Bertz CT molecular complexity index is 1400. The van der Waals surface area contributed by atoms with Crippen molar-refractivity contribution in [3.8, 4) is 5.75 Å². The van der Waals surface area contributed by atoms with Gasteiger partial charge >= 0.3 is 12.1 Å². The number of amides is 1. The third-order valence-electron chi connectivity index (χ3n) is 7.21. The van der Waals surface area contributed by atoms with Gasteiger partial charge in [-0.25, -0.2) is 22.4 Å². The van der Waals surface area contributed by atoms with E-state index in [0.717, 1.165) is 51.1 Å². The van der Waals surface area contributed by atoms with Crippen molar-refractivity contribution in [3.05, 3.63) is 58.4 Å². The third kappa shape index (κ3) is 6.15. The molecule has 0 radical (unpaired) electrons. The van der Waals surface area contributed by atoms with Crippen LogP contribution in [-0.4, -0.2) is 65.8 Å². The summed E-state index contributed by atoms with van der Waals surface area (Å²) in [5.41, 5.74) is 1.01. The maximum absolute atomic E-state index is 14.4. The maximum Gasteiger partial charge on any atom is 0.428 e. The van der Waals surface area contributed by atoms with E-state index < -0.39 is 27.9 Å². The average molecular weight is 577 g/mol. The van der Waals surface area contributed by atoms with Crippen LogP contribution < -0.4 is 9.04 Å². The molecule has 218 valence electrons. The zero-order valence-electron chi connectivity index (χ0n) is 24.0. The number of halogens is 1. The van der Waals surface area contributed by atoms with Gasteiger partial charge in [0.1, 0.15) is 17.1 Å². The Morgan fingerprint density at radius 1 is 1.10 bits per heavy atom. The zero-order valence-corrected chi connectivity index (χ0v) is 24.8. The molecule has 9 nitrogen and oxygen atoms in total. The number of hydrogen-bond donors (Lipinski definition) is 0. The first-order valence-corrected chi connectivity index (χ1v) is 14.5. The lowest BCUT2D eigenvalue weighted by Crippen LogP contribution is -2.39. The van der Waals surface area contributed by atoms with Crippen LogP contribution in [0.2, 0.25) is 0 Å². The highest BCUT2D eigenvalue weighted by atomic mass is 32.2. The summed E-state index contributed by atoms with van der Waals surface area (Å²) in [5, 5.41) is 0. The second kappa shape index (κ2) is 12.8. The number of carbonyl (C=O) groups is 2. The number of esters is 1. The van der Waals surface area contributed by atoms with E-state index in [9.17, 15) is 22.4 Å². The number of nitrogens with zero attached hydrogens (tertiary/aromatic N) is 2. The van der Waals surface area contributed by atoms with Crippen molar-refractivity contribution in [2.75, 3.05) is 44.8 Å². The predicted molar refractivity (Wildman–Crippen MR) is 151 cm³/mol. The van der Waals surface area contributed by atoms with E-state index in [1.54, 1.807) is 12.1 Å². The van der Waals surface area contributed by atoms with E-state index >= 15 is 0 Å². The molecule has 40 heavy (non-hydrogen) atoms. The van der Waals surface area contributed by atoms with Gasteiger partial charge in [-0.1, -0.05) is 45.4 Å². The van der Waals surface area contributed by atoms with Crippen LogP contribution in [0.3, 0.4) is 0 Å². The molecule has 1 aliphatic rings. The van der Waals surface area contributed by atoms with Crippen molar-refractivity contribution >= 4 is 33.8 Å². The second-order valence-electron chi connectivity index (χ2n) is 9.82. The predicted octanol–water partition coefficient (Wildman–Crippen LogP) is 5.45. The van der Waals surface area contributed by atoms with Crippen molar-refractivity contribution in [1.82, 2.24) is 4.90 Å². The molecule has 0 fully saturated rings. The van der Waals surface area contributed by atoms with Gasteiger partial charge in [0.2, 0.25) is 0 Å². The fourth-order valence-electron chi connectivity index (χ4n) is 4.72. The summed E-state index contributed by atoms with van der Waals surface area (Å²) in [6.45, 7) is 12.2. The molecule has 1 heterocycles. The molecule has 2 unspecified atom stereocenters. The molecule has 2 aromatic carbocycles. The monoisotopic (exact) mass is 576 g/mol. The van der Waals surface area contributed by atoms with Crippen LogP contribution in [0.25, 0.3) is 6.08 Å². The van der Waals surface area contributed by atoms with Crippen LogP contribution in [-0.2, 0) is 19.5 Å². The number of benzene rings is 2. The molecule has 3 rings (SSSR count). The number of sulfonamides is 1. The Labute approximate surface area is 235 Å². The van der Waals surface area contributed by atoms with Crippen LogP contribution in [0.15, 0.2) is 40.8 Å². The highest BCUT2D eigenvalue weighted by molar-refractivity contribution is 7.93. The van der Waals surface area contributed by atoms with Gasteiger partial charge in [-0.15, -0.1) is 0 Å². The maximum atomic E-state index is 14.4. The molecule has 0 aliphatic carbocycles. The van der Waals surface area contributed by atoms with E-state index in [1.807, 2.05) is 34.6 Å². The zero-order chi connectivity index (χ0) is 29.8. The van der Waals surface area contributed by atoms with Gasteiger partial charge in [0.25, 0.3) is 10.0 Å². The standard InChI is InChI=1S/C29H37FN2O7S/c1-8-31(9-2)16-18(3)14-21-15-22(30)10-13-25(21)40(35,36)32(29(34)38-7)24-12-11-23-20(5)19(4)17-39-27(23)26(24)28(33)37-6/h10-15,19-20H,8-9,16-17H2,1-7H3/b18-14-. The minimum Gasteiger partial charge on any atom is -0.492 e. The first-order chi connectivity index (χ1) is 18.9. The summed E-state index contributed by atoms with van der Waals surface area (Å²) in [6.07, 6.45) is 0.311. The molecule has 11 heteroatoms. The van der Waals surface area contributed by atoms with Gasteiger partial charge < -0.3 is 14.2 Å². The summed E-state index contributed by atoms with van der Waals surface area (Å²) < 4.78 is 58.9. The molecule has 2 atom stereocenters. The van der Waals surface area contributed by atoms with E-state index in [-0.39, 0.29) is 45.9 Å². The summed E-state index contributed by atoms with van der Waals surface area (Å²) in [7, 11) is -2.56. The van der Waals surface area contributed by atoms with Gasteiger partial charge in [0.15, 0.2) is 0 Å². The SMILES string of the molecule is CCN(CC)C/C(C)=C\c1cc(F)ccc1S(=O)(=O)N(C(=O)OC)c1ccc2c(c1C(=O)OC)OCC(C)C2C. The highest BCUT2D eigenvalue weighted by Gasteiger charge is 2.40. The summed E-state index contributed by atoms with van der Waals surface area (Å²) in [6, 6.07) is 6.17. The number of likely N-dealkylation sites (N-methyl/N-ethyl adjacent to an activating group) is 1. The van der Waals surface area contributed by atoms with Gasteiger partial charge in [0.05, 0.1) is 31.4 Å². The molecule has 1 aliphatic heterocycles. The minimum absolute atomic E-state index is 0.00740. The topological polar surface area (TPSA) is 102 Å². The van der Waals surface area contributed by atoms with E-state index in [0.29, 0.717) is 16.4 Å². The van der Waals surface area contributed by atoms with Crippen molar-refractivity contribution in [1.29, 1.82) is 0 Å². The Kier molecular flexibility index (Phi) is 9.96. The van der Waals surface area contributed by atoms with Crippen molar-refractivity contribution in [2.45, 2.75) is 45.4 Å². The Morgan fingerprint density at radius 3 is 2.38 bits per heavy atom.